The van der Waals surface area contributed by atoms with Gasteiger partial charge in [0.25, 0.3) is 0 Å². The summed E-state index contributed by atoms with van der Waals surface area (Å²) in [5.41, 5.74) is 0. The molecule has 0 radical (unpaired) electrons. The summed E-state index contributed by atoms with van der Waals surface area (Å²) in [7, 11) is 0. The van der Waals surface area contributed by atoms with Crippen LogP contribution in [-0.2, 0) is 9.47 Å². The minimum absolute atomic E-state index is 0.151. The highest BCUT2D eigenvalue weighted by Crippen LogP contribution is 1.81. The fourth-order valence-corrected chi connectivity index (χ4v) is 0.848. The molecule has 2 amide bonds. The topological polar surface area (TPSA) is 76.7 Å². The highest BCUT2D eigenvalue weighted by Gasteiger charge is 2.02. The number of hydrogen-bond donors (Lipinski definition) is 2. The number of alkyl halides is 2. The normalized spacial score (nSPS) is 9.38. The number of ether oxygens (including phenoxy) is 2. The van der Waals surface area contributed by atoms with Gasteiger partial charge in [0.2, 0.25) is 0 Å². The number of hydrogen-bond acceptors (Lipinski definition) is 4. The van der Waals surface area contributed by atoms with Crippen molar-refractivity contribution in [2.24, 2.45) is 0 Å². The Hall–Kier alpha value is -0.880. The molecule has 0 bridgehead atoms. The van der Waals surface area contributed by atoms with E-state index in [9.17, 15) is 9.59 Å². The number of nitrogens with one attached hydrogen (secondary N) is 2. The molecule has 0 saturated heterocycles. The third-order valence-electron chi connectivity index (χ3n) is 1.28. The van der Waals surface area contributed by atoms with Crippen LogP contribution in [0.25, 0.3) is 0 Å². The Morgan fingerprint density at radius 3 is 1.56 bits per heavy atom. The summed E-state index contributed by atoms with van der Waals surface area (Å²) in [6, 6.07) is 0. The quantitative estimate of drug-likeness (QED) is 0.534. The van der Waals surface area contributed by atoms with Crippen molar-refractivity contribution in [1.82, 2.24) is 10.6 Å². The Kier molecular flexibility index (Phi) is 10.0. The van der Waals surface area contributed by atoms with Gasteiger partial charge in [-0.1, -0.05) is 0 Å². The van der Waals surface area contributed by atoms with Crippen LogP contribution in [0.15, 0.2) is 0 Å². The maximum absolute atomic E-state index is 10.9. The third-order valence-corrected chi connectivity index (χ3v) is 1.59. The van der Waals surface area contributed by atoms with E-state index in [4.69, 9.17) is 23.2 Å². The monoisotopic (exact) mass is 272 g/mol. The SMILES string of the molecule is O=C(NCCNC(=O)OCCCl)OCCCl. The number of halogens is 2. The van der Waals surface area contributed by atoms with Gasteiger partial charge >= 0.3 is 12.2 Å². The van der Waals surface area contributed by atoms with Gasteiger partial charge in [0.1, 0.15) is 13.2 Å². The maximum Gasteiger partial charge on any atom is 0.407 e. The largest absolute Gasteiger partial charge is 0.448 e. The minimum atomic E-state index is -0.573. The molecule has 0 aliphatic rings. The van der Waals surface area contributed by atoms with Gasteiger partial charge in [0, 0.05) is 13.1 Å². The molecule has 0 aromatic rings. The van der Waals surface area contributed by atoms with Crippen molar-refractivity contribution in [3.63, 3.8) is 0 Å². The molecule has 0 rings (SSSR count). The fourth-order valence-electron chi connectivity index (χ4n) is 0.694. The molecular formula is C8H14Cl2N2O4. The van der Waals surface area contributed by atoms with Gasteiger partial charge in [0.05, 0.1) is 11.8 Å². The molecule has 0 saturated carbocycles. The first-order chi connectivity index (χ1) is 7.70. The zero-order chi connectivity index (χ0) is 12.2. The van der Waals surface area contributed by atoms with Crippen molar-refractivity contribution in [2.45, 2.75) is 0 Å². The van der Waals surface area contributed by atoms with E-state index in [2.05, 4.69) is 20.1 Å². The summed E-state index contributed by atoms with van der Waals surface area (Å²) in [4.78, 5) is 21.7. The molecule has 0 aromatic carbocycles. The van der Waals surface area contributed by atoms with Crippen molar-refractivity contribution in [1.29, 1.82) is 0 Å². The molecule has 0 atom stereocenters. The van der Waals surface area contributed by atoms with Crippen LogP contribution in [0.2, 0.25) is 0 Å². The van der Waals surface area contributed by atoms with Gasteiger partial charge < -0.3 is 20.1 Å². The minimum Gasteiger partial charge on any atom is -0.448 e. The van der Waals surface area contributed by atoms with Crippen molar-refractivity contribution in [3.05, 3.63) is 0 Å². The number of carbonyl (C=O) groups is 2. The lowest BCUT2D eigenvalue weighted by Gasteiger charge is -2.07. The van der Waals surface area contributed by atoms with E-state index >= 15 is 0 Å². The Morgan fingerprint density at radius 2 is 1.25 bits per heavy atom. The van der Waals surface area contributed by atoms with E-state index in [0.29, 0.717) is 0 Å². The maximum atomic E-state index is 10.9. The molecule has 94 valence electrons. The summed E-state index contributed by atoms with van der Waals surface area (Å²) in [5, 5.41) is 4.83. The molecule has 0 aromatic heterocycles. The van der Waals surface area contributed by atoms with Gasteiger partial charge in [-0.05, 0) is 0 Å². The van der Waals surface area contributed by atoms with E-state index in [1.807, 2.05) is 0 Å². The van der Waals surface area contributed by atoms with Crippen molar-refractivity contribution in [2.75, 3.05) is 38.1 Å². The summed E-state index contributed by atoms with van der Waals surface area (Å²) in [5.74, 6) is 0.493. The van der Waals surface area contributed by atoms with Crippen LogP contribution in [0.3, 0.4) is 0 Å². The number of alkyl carbamates (subject to hydrolysis) is 2. The second-order valence-electron chi connectivity index (χ2n) is 2.50. The highest BCUT2D eigenvalue weighted by molar-refractivity contribution is 6.18. The van der Waals surface area contributed by atoms with Crippen LogP contribution in [0.1, 0.15) is 0 Å². The smallest absolute Gasteiger partial charge is 0.407 e. The Morgan fingerprint density at radius 1 is 0.875 bits per heavy atom. The average molecular weight is 273 g/mol. The van der Waals surface area contributed by atoms with Crippen molar-refractivity contribution in [3.8, 4) is 0 Å². The van der Waals surface area contributed by atoms with Crippen molar-refractivity contribution >= 4 is 35.4 Å². The van der Waals surface area contributed by atoms with E-state index in [1.54, 1.807) is 0 Å². The zero-order valence-electron chi connectivity index (χ0n) is 8.63. The second-order valence-corrected chi connectivity index (χ2v) is 3.26. The molecule has 0 aliphatic heterocycles. The van der Waals surface area contributed by atoms with Gasteiger partial charge in [-0.3, -0.25) is 0 Å². The molecule has 0 heterocycles. The van der Waals surface area contributed by atoms with Crippen LogP contribution in [0.4, 0.5) is 9.59 Å². The van der Waals surface area contributed by atoms with E-state index in [-0.39, 0.29) is 38.1 Å². The summed E-state index contributed by atoms with van der Waals surface area (Å²) < 4.78 is 9.24. The van der Waals surface area contributed by atoms with E-state index in [0.717, 1.165) is 0 Å². The molecule has 0 aliphatic carbocycles. The van der Waals surface area contributed by atoms with Crippen LogP contribution >= 0.6 is 23.2 Å². The van der Waals surface area contributed by atoms with Gasteiger partial charge in [-0.15, -0.1) is 23.2 Å². The number of amides is 2. The molecule has 0 fully saturated rings. The zero-order valence-corrected chi connectivity index (χ0v) is 10.1. The highest BCUT2D eigenvalue weighted by atomic mass is 35.5. The van der Waals surface area contributed by atoms with Crippen LogP contribution in [0, 0.1) is 0 Å². The summed E-state index contributed by atoms with van der Waals surface area (Å²) in [6.07, 6.45) is -1.15. The standard InChI is InChI=1S/C8H14Cl2N2O4/c9-1-5-15-7(13)11-3-4-12-8(14)16-6-2-10/h1-6H2,(H,11,13)(H,12,14). The molecule has 2 N–H and O–H groups in total. The van der Waals surface area contributed by atoms with Crippen LogP contribution in [0.5, 0.6) is 0 Å². The van der Waals surface area contributed by atoms with Gasteiger partial charge in [-0.2, -0.15) is 0 Å². The van der Waals surface area contributed by atoms with Crippen molar-refractivity contribution < 1.29 is 19.1 Å². The molecule has 6 nitrogen and oxygen atoms in total. The van der Waals surface area contributed by atoms with E-state index in [1.165, 1.54) is 0 Å². The Bertz CT molecular complexity index is 194. The third kappa shape index (κ3) is 9.67. The first-order valence-corrected chi connectivity index (χ1v) is 5.70. The molecular weight excluding hydrogens is 259 g/mol. The molecule has 8 heteroatoms. The summed E-state index contributed by atoms with van der Waals surface area (Å²) in [6.45, 7) is 0.797. The summed E-state index contributed by atoms with van der Waals surface area (Å²) >= 11 is 10.6. The Balaban J connectivity index is 3.31. The lowest BCUT2D eigenvalue weighted by molar-refractivity contribution is 0.148. The van der Waals surface area contributed by atoms with E-state index < -0.39 is 12.2 Å². The van der Waals surface area contributed by atoms with Crippen LogP contribution < -0.4 is 10.6 Å². The number of carbonyl (C=O) groups excluding carboxylic acids is 2. The van der Waals surface area contributed by atoms with Crippen LogP contribution in [-0.4, -0.2) is 50.2 Å². The first-order valence-electron chi connectivity index (χ1n) is 4.64. The molecule has 0 spiro atoms. The fraction of sp³-hybridized carbons (Fsp3) is 0.750. The lowest BCUT2D eigenvalue weighted by atomic mass is 10.6. The second kappa shape index (κ2) is 10.6. The molecule has 0 unspecified atom stereocenters. The van der Waals surface area contributed by atoms with Gasteiger partial charge in [0.15, 0.2) is 0 Å². The molecule has 16 heavy (non-hydrogen) atoms. The average Bonchev–Trinajstić information content (AvgIpc) is 2.29. The number of rotatable bonds is 7. The first kappa shape index (κ1) is 15.1. The van der Waals surface area contributed by atoms with Gasteiger partial charge in [-0.25, -0.2) is 9.59 Å². The predicted molar refractivity (Wildman–Crippen MR) is 60.1 cm³/mol. The lowest BCUT2D eigenvalue weighted by Crippen LogP contribution is -2.35. The Labute approximate surface area is 104 Å². The predicted octanol–water partition coefficient (Wildman–Crippen LogP) is 0.916.